The quantitative estimate of drug-likeness (QED) is 0.296. The van der Waals surface area contributed by atoms with Gasteiger partial charge in [0.2, 0.25) is 5.91 Å². The Morgan fingerprint density at radius 3 is 2.22 bits per heavy atom. The van der Waals surface area contributed by atoms with E-state index in [1.807, 2.05) is 12.1 Å². The standard InChI is InChI=1S/C21H27N3O4.C7H6F2/c1-3-15-5-4-6-16(9-15)11-22-12-18(26)13-23-21(28)19-8-7-17(10-20(19)27)24-14(2)25;1-5-2-6(8)4-7(9)3-5/h4-10,18,22,26-27H,3,11-13H2,1-2H3,(H,23,28)(H,24,25);2-4H,1H3. The van der Waals surface area contributed by atoms with Crippen LogP contribution in [0.3, 0.4) is 0 Å². The van der Waals surface area contributed by atoms with Crippen molar-refractivity contribution >= 4 is 17.5 Å². The Morgan fingerprint density at radius 1 is 0.946 bits per heavy atom. The molecule has 0 spiro atoms. The van der Waals surface area contributed by atoms with Gasteiger partial charge in [-0.3, -0.25) is 9.59 Å². The van der Waals surface area contributed by atoms with E-state index in [4.69, 9.17) is 0 Å². The van der Waals surface area contributed by atoms with Crippen LogP contribution in [0.4, 0.5) is 14.5 Å². The molecule has 0 aliphatic heterocycles. The molecule has 0 fully saturated rings. The van der Waals surface area contributed by atoms with Crippen molar-refractivity contribution in [2.75, 3.05) is 18.4 Å². The van der Waals surface area contributed by atoms with Gasteiger partial charge in [-0.25, -0.2) is 8.78 Å². The fourth-order valence-corrected chi connectivity index (χ4v) is 3.42. The molecule has 198 valence electrons. The number of carbonyl (C=O) groups is 2. The first-order valence-corrected chi connectivity index (χ1v) is 11.9. The topological polar surface area (TPSA) is 111 Å². The van der Waals surface area contributed by atoms with E-state index in [0.717, 1.165) is 18.1 Å². The number of aryl methyl sites for hydroxylation is 2. The fourth-order valence-electron chi connectivity index (χ4n) is 3.42. The summed E-state index contributed by atoms with van der Waals surface area (Å²) in [5.74, 6) is -2.05. The minimum atomic E-state index is -0.765. The molecule has 7 nitrogen and oxygen atoms in total. The molecule has 0 aliphatic carbocycles. The van der Waals surface area contributed by atoms with Gasteiger partial charge in [-0.2, -0.15) is 0 Å². The van der Waals surface area contributed by atoms with Crippen molar-refractivity contribution in [2.45, 2.75) is 39.8 Å². The molecule has 5 N–H and O–H groups in total. The lowest BCUT2D eigenvalue weighted by atomic mass is 10.1. The van der Waals surface area contributed by atoms with E-state index in [0.29, 0.717) is 24.3 Å². The van der Waals surface area contributed by atoms with Gasteiger partial charge in [0.25, 0.3) is 5.91 Å². The third-order valence-electron chi connectivity index (χ3n) is 5.18. The van der Waals surface area contributed by atoms with Crippen LogP contribution in [0.2, 0.25) is 0 Å². The molecule has 0 aliphatic rings. The van der Waals surface area contributed by atoms with E-state index in [9.17, 15) is 28.6 Å². The number of aliphatic hydroxyl groups excluding tert-OH is 1. The zero-order valence-corrected chi connectivity index (χ0v) is 21.1. The molecule has 2 amide bonds. The van der Waals surface area contributed by atoms with Crippen LogP contribution in [-0.4, -0.2) is 41.2 Å². The van der Waals surface area contributed by atoms with Gasteiger partial charge in [0, 0.05) is 44.4 Å². The number of benzene rings is 3. The number of phenolic OH excluding ortho intramolecular Hbond substituents is 1. The molecule has 9 heteroatoms. The van der Waals surface area contributed by atoms with Gasteiger partial charge in [-0.15, -0.1) is 0 Å². The highest BCUT2D eigenvalue weighted by atomic mass is 19.1. The second kappa shape index (κ2) is 14.7. The van der Waals surface area contributed by atoms with E-state index in [1.165, 1.54) is 42.8 Å². The number of carbonyl (C=O) groups excluding carboxylic acids is 2. The summed E-state index contributed by atoms with van der Waals surface area (Å²) in [5, 5.41) is 28.3. The van der Waals surface area contributed by atoms with Crippen LogP contribution in [0.5, 0.6) is 5.75 Å². The van der Waals surface area contributed by atoms with Gasteiger partial charge >= 0.3 is 0 Å². The third-order valence-corrected chi connectivity index (χ3v) is 5.18. The molecule has 3 aromatic carbocycles. The van der Waals surface area contributed by atoms with Gasteiger partial charge in [-0.1, -0.05) is 31.2 Å². The third kappa shape index (κ3) is 10.8. The van der Waals surface area contributed by atoms with E-state index in [1.54, 1.807) is 6.92 Å². The Hall–Kier alpha value is -3.82. The summed E-state index contributed by atoms with van der Waals surface area (Å²) < 4.78 is 24.4. The first-order valence-electron chi connectivity index (χ1n) is 11.9. The van der Waals surface area contributed by atoms with E-state index in [-0.39, 0.29) is 23.8 Å². The molecule has 0 saturated heterocycles. The summed E-state index contributed by atoms with van der Waals surface area (Å²) in [6.07, 6.45) is 0.209. The molecule has 0 saturated carbocycles. The van der Waals surface area contributed by atoms with Crippen LogP contribution in [0.25, 0.3) is 0 Å². The summed E-state index contributed by atoms with van der Waals surface area (Å²) in [5.41, 5.74) is 3.48. The number of phenols is 1. The maximum absolute atomic E-state index is 12.2. The molecule has 0 bridgehead atoms. The summed E-state index contributed by atoms with van der Waals surface area (Å²) in [7, 11) is 0. The van der Waals surface area contributed by atoms with Gasteiger partial charge < -0.3 is 26.2 Å². The summed E-state index contributed by atoms with van der Waals surface area (Å²) in [6.45, 7) is 6.10. The van der Waals surface area contributed by atoms with Gasteiger partial charge in [0.15, 0.2) is 0 Å². The molecule has 3 rings (SSSR count). The number of halogens is 2. The number of aromatic hydroxyl groups is 1. The van der Waals surface area contributed by atoms with Crippen LogP contribution in [0.1, 0.15) is 40.9 Å². The Kier molecular flexibility index (Phi) is 11.7. The molecule has 0 heterocycles. The molecule has 37 heavy (non-hydrogen) atoms. The number of rotatable bonds is 9. The van der Waals surface area contributed by atoms with Crippen molar-refractivity contribution in [2.24, 2.45) is 0 Å². The van der Waals surface area contributed by atoms with Crippen molar-refractivity contribution in [3.8, 4) is 5.75 Å². The predicted molar refractivity (Wildman–Crippen MR) is 139 cm³/mol. The second-order valence-electron chi connectivity index (χ2n) is 8.53. The molecule has 1 atom stereocenters. The maximum Gasteiger partial charge on any atom is 0.255 e. The fraction of sp³-hybridized carbons (Fsp3) is 0.286. The number of nitrogens with one attached hydrogen (secondary N) is 3. The van der Waals surface area contributed by atoms with E-state index >= 15 is 0 Å². The maximum atomic E-state index is 12.2. The number of hydrogen-bond acceptors (Lipinski definition) is 5. The first kappa shape index (κ1) is 29.4. The number of hydrogen-bond donors (Lipinski definition) is 5. The molecular formula is C28H33F2N3O4. The minimum Gasteiger partial charge on any atom is -0.507 e. The lowest BCUT2D eigenvalue weighted by Crippen LogP contribution is -2.38. The van der Waals surface area contributed by atoms with Crippen LogP contribution in [-0.2, 0) is 17.8 Å². The number of anilines is 1. The average Bonchev–Trinajstić information content (AvgIpc) is 2.82. The SMILES string of the molecule is CCc1cccc(CNCC(O)CNC(=O)c2ccc(NC(C)=O)cc2O)c1.Cc1cc(F)cc(F)c1. The Morgan fingerprint density at radius 2 is 1.62 bits per heavy atom. The van der Waals surface area contributed by atoms with Crippen molar-refractivity contribution in [3.05, 3.63) is 94.6 Å². The van der Waals surface area contributed by atoms with Gasteiger partial charge in [0.1, 0.15) is 17.4 Å². The zero-order valence-electron chi connectivity index (χ0n) is 21.1. The zero-order chi connectivity index (χ0) is 27.4. The van der Waals surface area contributed by atoms with Crippen molar-refractivity contribution < 1.29 is 28.6 Å². The highest BCUT2D eigenvalue weighted by Crippen LogP contribution is 2.22. The lowest BCUT2D eigenvalue weighted by Gasteiger charge is -2.14. The summed E-state index contributed by atoms with van der Waals surface area (Å²) >= 11 is 0. The normalized spacial score (nSPS) is 11.2. The first-order chi connectivity index (χ1) is 17.6. The van der Waals surface area contributed by atoms with Crippen LogP contribution >= 0.6 is 0 Å². The highest BCUT2D eigenvalue weighted by Gasteiger charge is 2.13. The lowest BCUT2D eigenvalue weighted by molar-refractivity contribution is -0.114. The average molecular weight is 514 g/mol. The van der Waals surface area contributed by atoms with Crippen molar-refractivity contribution in [1.82, 2.24) is 10.6 Å². The monoisotopic (exact) mass is 513 g/mol. The Bertz CT molecular complexity index is 1150. The van der Waals surface area contributed by atoms with Crippen molar-refractivity contribution in [3.63, 3.8) is 0 Å². The predicted octanol–water partition coefficient (Wildman–Crippen LogP) is 4.07. The number of amides is 2. The molecule has 1 unspecified atom stereocenters. The Labute approximate surface area is 215 Å². The molecule has 0 aromatic heterocycles. The summed E-state index contributed by atoms with van der Waals surface area (Å²) in [6, 6.07) is 15.9. The second-order valence-corrected chi connectivity index (χ2v) is 8.53. The molecule has 0 radical (unpaired) electrons. The van der Waals surface area contributed by atoms with Crippen LogP contribution in [0, 0.1) is 18.6 Å². The van der Waals surface area contributed by atoms with E-state index < -0.39 is 23.6 Å². The van der Waals surface area contributed by atoms with Crippen molar-refractivity contribution in [1.29, 1.82) is 0 Å². The Balaban J connectivity index is 0.000000449. The van der Waals surface area contributed by atoms with E-state index in [2.05, 4.69) is 35.0 Å². The molecule has 3 aromatic rings. The van der Waals surface area contributed by atoms with Crippen LogP contribution in [0.15, 0.2) is 60.7 Å². The smallest absolute Gasteiger partial charge is 0.255 e. The highest BCUT2D eigenvalue weighted by molar-refractivity contribution is 5.98. The van der Waals surface area contributed by atoms with Crippen LogP contribution < -0.4 is 16.0 Å². The summed E-state index contributed by atoms with van der Waals surface area (Å²) in [4.78, 5) is 23.2. The number of aliphatic hydroxyl groups is 1. The minimum absolute atomic E-state index is 0.0493. The van der Waals surface area contributed by atoms with Gasteiger partial charge in [0.05, 0.1) is 11.7 Å². The van der Waals surface area contributed by atoms with Gasteiger partial charge in [-0.05, 0) is 54.3 Å². The molecular weight excluding hydrogens is 480 g/mol. The largest absolute Gasteiger partial charge is 0.507 e.